The average Bonchev–Trinajstić information content (AvgIpc) is 2.80. The largest absolute Gasteiger partial charge is 0.254 e. The summed E-state index contributed by atoms with van der Waals surface area (Å²) in [6, 6.07) is 19.0. The number of benzene rings is 2. The van der Waals surface area contributed by atoms with Crippen molar-refractivity contribution in [2.45, 2.75) is 51.9 Å². The summed E-state index contributed by atoms with van der Waals surface area (Å²) in [5.74, 6) is 6.53. The van der Waals surface area contributed by atoms with Crippen molar-refractivity contribution in [3.05, 3.63) is 83.7 Å². The maximum atomic E-state index is 4.63. The van der Waals surface area contributed by atoms with E-state index < -0.39 is 0 Å². The van der Waals surface area contributed by atoms with E-state index in [1.54, 1.807) is 0 Å². The lowest BCUT2D eigenvalue weighted by molar-refractivity contribution is 0.607. The van der Waals surface area contributed by atoms with Crippen LogP contribution in [0.2, 0.25) is 0 Å². The van der Waals surface area contributed by atoms with Crippen LogP contribution in [0, 0.1) is 11.8 Å². The first-order valence-corrected chi connectivity index (χ1v) is 11.1. The van der Waals surface area contributed by atoms with Gasteiger partial charge in [-0.15, -0.1) is 0 Å². The lowest BCUT2D eigenvalue weighted by Crippen LogP contribution is -1.87. The highest BCUT2D eigenvalue weighted by Crippen LogP contribution is 2.22. The van der Waals surface area contributed by atoms with Crippen LogP contribution in [-0.2, 0) is 6.42 Å². The Hall–Kier alpha value is -3.18. The molecule has 2 heteroatoms. The van der Waals surface area contributed by atoms with Crippen molar-refractivity contribution in [3.8, 4) is 11.8 Å². The van der Waals surface area contributed by atoms with Crippen LogP contribution in [0.1, 0.15) is 62.1 Å². The Morgan fingerprint density at radius 1 is 0.700 bits per heavy atom. The van der Waals surface area contributed by atoms with Crippen molar-refractivity contribution in [2.24, 2.45) is 0 Å². The van der Waals surface area contributed by atoms with E-state index in [0.717, 1.165) is 39.4 Å². The Labute approximate surface area is 179 Å². The van der Waals surface area contributed by atoms with Gasteiger partial charge in [-0.1, -0.05) is 81.2 Å². The molecular weight excluding hydrogens is 364 g/mol. The van der Waals surface area contributed by atoms with Crippen LogP contribution in [0.3, 0.4) is 0 Å². The molecule has 0 fully saturated rings. The van der Waals surface area contributed by atoms with Gasteiger partial charge in [0.05, 0.1) is 11.0 Å². The molecule has 0 bridgehead atoms. The maximum Gasteiger partial charge on any atom is 0.0965 e. The van der Waals surface area contributed by atoms with Crippen LogP contribution in [0.4, 0.5) is 0 Å². The number of fused-ring (bicyclic) bond motifs is 3. The summed E-state index contributed by atoms with van der Waals surface area (Å²) in [6.45, 7) is 2.26. The highest BCUT2D eigenvalue weighted by Gasteiger charge is 2.03. The molecule has 150 valence electrons. The molecule has 4 aromatic rings. The second-order valence-electron chi connectivity index (χ2n) is 7.90. The van der Waals surface area contributed by atoms with Crippen LogP contribution >= 0.6 is 0 Å². The van der Waals surface area contributed by atoms with Crippen molar-refractivity contribution < 1.29 is 0 Å². The van der Waals surface area contributed by atoms with E-state index in [2.05, 4.69) is 77.3 Å². The smallest absolute Gasteiger partial charge is 0.0965 e. The van der Waals surface area contributed by atoms with Gasteiger partial charge in [-0.2, -0.15) is 0 Å². The van der Waals surface area contributed by atoms with E-state index >= 15 is 0 Å². The predicted molar refractivity (Wildman–Crippen MR) is 127 cm³/mol. The SMILES string of the molecule is CCCCCCCCc1ccc(C#Cc2cnc3c(ccc4cccnc43)c2)cc1. The summed E-state index contributed by atoms with van der Waals surface area (Å²) >= 11 is 0. The number of aromatic nitrogens is 2. The van der Waals surface area contributed by atoms with Gasteiger partial charge in [-0.3, -0.25) is 9.97 Å². The van der Waals surface area contributed by atoms with Gasteiger partial charge in [0.1, 0.15) is 0 Å². The van der Waals surface area contributed by atoms with E-state index in [-0.39, 0.29) is 0 Å². The zero-order chi connectivity index (χ0) is 20.6. The van der Waals surface area contributed by atoms with Crippen molar-refractivity contribution in [1.29, 1.82) is 0 Å². The van der Waals surface area contributed by atoms with Gasteiger partial charge in [-0.25, -0.2) is 0 Å². The lowest BCUT2D eigenvalue weighted by Gasteiger charge is -2.03. The monoisotopic (exact) mass is 392 g/mol. The minimum Gasteiger partial charge on any atom is -0.254 e. The highest BCUT2D eigenvalue weighted by atomic mass is 14.7. The highest BCUT2D eigenvalue weighted by molar-refractivity contribution is 6.02. The molecule has 0 aliphatic heterocycles. The van der Waals surface area contributed by atoms with Gasteiger partial charge in [0.15, 0.2) is 0 Å². The standard InChI is InChI=1S/C28H28N2/c1-2-3-4-5-6-7-9-22-11-13-23(14-12-22)15-16-24-20-26-18-17-25-10-8-19-29-27(25)28(26)30-21-24/h8,10-14,17-21H,2-7,9H2,1H3. The Morgan fingerprint density at radius 3 is 2.30 bits per heavy atom. The molecule has 2 aromatic heterocycles. The van der Waals surface area contributed by atoms with Gasteiger partial charge in [-0.05, 0) is 42.7 Å². The second kappa shape index (κ2) is 10.0. The van der Waals surface area contributed by atoms with Gasteiger partial charge in [0.2, 0.25) is 0 Å². The molecule has 0 saturated carbocycles. The van der Waals surface area contributed by atoms with E-state index in [1.807, 2.05) is 18.5 Å². The van der Waals surface area contributed by atoms with E-state index in [4.69, 9.17) is 0 Å². The minimum atomic E-state index is 0.925. The molecule has 0 spiro atoms. The van der Waals surface area contributed by atoms with Crippen LogP contribution in [0.15, 0.2) is 67.0 Å². The average molecular weight is 393 g/mol. The fraction of sp³-hybridized carbons (Fsp3) is 0.286. The summed E-state index contributed by atoms with van der Waals surface area (Å²) in [5, 5.41) is 2.18. The molecule has 0 amide bonds. The molecule has 0 saturated heterocycles. The number of rotatable bonds is 7. The summed E-state index contributed by atoms with van der Waals surface area (Å²) in [4.78, 5) is 9.11. The number of unbranched alkanes of at least 4 members (excludes halogenated alkanes) is 5. The summed E-state index contributed by atoms with van der Waals surface area (Å²) in [7, 11) is 0. The normalized spacial score (nSPS) is 10.8. The van der Waals surface area contributed by atoms with E-state index in [9.17, 15) is 0 Å². The minimum absolute atomic E-state index is 0.925. The molecule has 0 aliphatic carbocycles. The fourth-order valence-electron chi connectivity index (χ4n) is 3.81. The molecule has 0 aliphatic rings. The summed E-state index contributed by atoms with van der Waals surface area (Å²) in [6.07, 6.45) is 12.9. The number of hydrogen-bond acceptors (Lipinski definition) is 2. The Bertz CT molecular complexity index is 1180. The fourth-order valence-corrected chi connectivity index (χ4v) is 3.81. The van der Waals surface area contributed by atoms with E-state index in [0.29, 0.717) is 0 Å². The zero-order valence-corrected chi connectivity index (χ0v) is 17.7. The molecule has 0 atom stereocenters. The van der Waals surface area contributed by atoms with Crippen LogP contribution in [-0.4, -0.2) is 9.97 Å². The molecule has 4 rings (SSSR count). The van der Waals surface area contributed by atoms with Crippen LogP contribution in [0.5, 0.6) is 0 Å². The van der Waals surface area contributed by atoms with Crippen molar-refractivity contribution in [1.82, 2.24) is 9.97 Å². The zero-order valence-electron chi connectivity index (χ0n) is 17.7. The van der Waals surface area contributed by atoms with Crippen LogP contribution < -0.4 is 0 Å². The van der Waals surface area contributed by atoms with Gasteiger partial charge in [0, 0.05) is 34.3 Å². The van der Waals surface area contributed by atoms with Gasteiger partial charge in [0.25, 0.3) is 0 Å². The summed E-state index contributed by atoms with van der Waals surface area (Å²) in [5.41, 5.74) is 5.24. The van der Waals surface area contributed by atoms with Crippen molar-refractivity contribution in [2.75, 3.05) is 0 Å². The first-order chi connectivity index (χ1) is 14.8. The molecule has 0 N–H and O–H groups in total. The maximum absolute atomic E-state index is 4.63. The number of nitrogens with zero attached hydrogens (tertiary/aromatic N) is 2. The first-order valence-electron chi connectivity index (χ1n) is 11.1. The van der Waals surface area contributed by atoms with Gasteiger partial charge < -0.3 is 0 Å². The lowest BCUT2D eigenvalue weighted by atomic mass is 10.0. The summed E-state index contributed by atoms with van der Waals surface area (Å²) < 4.78 is 0. The van der Waals surface area contributed by atoms with E-state index in [1.165, 1.54) is 44.1 Å². The van der Waals surface area contributed by atoms with Crippen LogP contribution in [0.25, 0.3) is 21.8 Å². The topological polar surface area (TPSA) is 25.8 Å². The quantitative estimate of drug-likeness (QED) is 0.191. The Morgan fingerprint density at radius 2 is 1.43 bits per heavy atom. The van der Waals surface area contributed by atoms with Crippen molar-refractivity contribution >= 4 is 21.8 Å². The number of aryl methyl sites for hydroxylation is 1. The van der Waals surface area contributed by atoms with Gasteiger partial charge >= 0.3 is 0 Å². The second-order valence-corrected chi connectivity index (χ2v) is 7.90. The molecule has 2 heterocycles. The third kappa shape index (κ3) is 5.05. The van der Waals surface area contributed by atoms with Crippen molar-refractivity contribution in [3.63, 3.8) is 0 Å². The molecule has 2 aromatic carbocycles. The number of pyridine rings is 2. The molecule has 2 nitrogen and oxygen atoms in total. The third-order valence-corrected chi connectivity index (χ3v) is 5.55. The molecule has 0 unspecified atom stereocenters. The first kappa shape index (κ1) is 20.1. The molecule has 30 heavy (non-hydrogen) atoms. The Balaban J connectivity index is 1.41. The third-order valence-electron chi connectivity index (χ3n) is 5.55. The Kier molecular flexibility index (Phi) is 6.72. The molecule has 0 radical (unpaired) electrons. The predicted octanol–water partition coefficient (Wildman–Crippen LogP) is 7.09. The molecular formula is C28H28N2. The number of hydrogen-bond donors (Lipinski definition) is 0.